The molecule has 2 aromatic carbocycles. The zero-order chi connectivity index (χ0) is 24.0. The predicted octanol–water partition coefficient (Wildman–Crippen LogP) is 3.35. The van der Waals surface area contributed by atoms with Crippen LogP contribution in [0.4, 0.5) is 14.9 Å². The van der Waals surface area contributed by atoms with E-state index >= 15 is 0 Å². The van der Waals surface area contributed by atoms with Gasteiger partial charge in [0.25, 0.3) is 5.91 Å². The van der Waals surface area contributed by atoms with Crippen molar-refractivity contribution in [3.63, 3.8) is 0 Å². The summed E-state index contributed by atoms with van der Waals surface area (Å²) in [6.45, 7) is 2.49. The number of likely N-dealkylation sites (tertiary alicyclic amines) is 1. The Labute approximate surface area is 197 Å². The highest BCUT2D eigenvalue weighted by molar-refractivity contribution is 6.33. The number of rotatable bonds is 8. The van der Waals surface area contributed by atoms with E-state index in [2.05, 4.69) is 10.2 Å². The van der Waals surface area contributed by atoms with E-state index < -0.39 is 12.2 Å². The Morgan fingerprint density at radius 3 is 2.52 bits per heavy atom. The lowest BCUT2D eigenvalue weighted by Crippen LogP contribution is -2.41. The second-order valence-electron chi connectivity index (χ2n) is 8.01. The molecule has 1 aliphatic rings. The van der Waals surface area contributed by atoms with E-state index in [9.17, 15) is 14.0 Å². The maximum atomic E-state index is 13.2. The standard InChI is InChI=1S/C23H28ClFN4O4/c1-32-20-11-19(26)18(24)10-17(20)22(30)28-12-14-6-8-29(9-7-14)13-21(33-23(27)31)15-2-4-16(25)5-3-15/h2-5,10-11,14,21H,6-9,12-13,26H2,1H3,(H2,27,31)(H,28,30). The van der Waals surface area contributed by atoms with Crippen molar-refractivity contribution >= 4 is 29.3 Å². The van der Waals surface area contributed by atoms with E-state index in [1.165, 1.54) is 31.4 Å². The van der Waals surface area contributed by atoms with Crippen LogP contribution in [0.15, 0.2) is 36.4 Å². The zero-order valence-corrected chi connectivity index (χ0v) is 19.1. The molecule has 0 spiro atoms. The zero-order valence-electron chi connectivity index (χ0n) is 18.4. The largest absolute Gasteiger partial charge is 0.496 e. The Hall–Kier alpha value is -3.04. The molecule has 0 bridgehead atoms. The topological polar surface area (TPSA) is 120 Å². The van der Waals surface area contributed by atoms with E-state index in [1.54, 1.807) is 12.1 Å². The van der Waals surface area contributed by atoms with Crippen LogP contribution in [0.3, 0.4) is 0 Å². The number of hydrogen-bond donors (Lipinski definition) is 3. The molecule has 3 rings (SSSR count). The Morgan fingerprint density at radius 2 is 1.91 bits per heavy atom. The van der Waals surface area contributed by atoms with Gasteiger partial charge in [0.05, 0.1) is 23.4 Å². The molecule has 1 aliphatic heterocycles. The molecule has 0 aromatic heterocycles. The number of anilines is 1. The number of hydrogen-bond acceptors (Lipinski definition) is 6. The van der Waals surface area contributed by atoms with E-state index in [4.69, 9.17) is 32.5 Å². The number of methoxy groups -OCH3 is 1. The van der Waals surface area contributed by atoms with Crippen LogP contribution < -0.4 is 21.5 Å². The minimum atomic E-state index is -0.875. The van der Waals surface area contributed by atoms with Gasteiger partial charge in [0.2, 0.25) is 0 Å². The number of primary amides is 1. The molecule has 1 saturated heterocycles. The lowest BCUT2D eigenvalue weighted by Gasteiger charge is -2.34. The molecular formula is C23H28ClFN4O4. The van der Waals surface area contributed by atoms with Gasteiger partial charge in [-0.25, -0.2) is 9.18 Å². The van der Waals surface area contributed by atoms with Gasteiger partial charge in [0.15, 0.2) is 0 Å². The van der Waals surface area contributed by atoms with Gasteiger partial charge >= 0.3 is 6.09 Å². The number of nitrogens with one attached hydrogen (secondary N) is 1. The molecule has 1 heterocycles. The minimum absolute atomic E-state index is 0.276. The summed E-state index contributed by atoms with van der Waals surface area (Å²) in [6.07, 6.45) is 0.251. The molecule has 1 fully saturated rings. The number of carbonyl (C=O) groups is 2. The van der Waals surface area contributed by atoms with Crippen LogP contribution in [0.25, 0.3) is 0 Å². The second kappa shape index (κ2) is 11.2. The number of halogens is 2. The van der Waals surface area contributed by atoms with Crippen LogP contribution in [-0.4, -0.2) is 50.2 Å². The molecule has 2 aromatic rings. The van der Waals surface area contributed by atoms with Crippen LogP contribution >= 0.6 is 11.6 Å². The average molecular weight is 479 g/mol. The fraction of sp³-hybridized carbons (Fsp3) is 0.391. The lowest BCUT2D eigenvalue weighted by atomic mass is 9.96. The van der Waals surface area contributed by atoms with Gasteiger partial charge in [-0.1, -0.05) is 23.7 Å². The summed E-state index contributed by atoms with van der Waals surface area (Å²) in [4.78, 5) is 26.1. The van der Waals surface area contributed by atoms with Gasteiger partial charge in [-0.2, -0.15) is 0 Å². The fourth-order valence-corrected chi connectivity index (χ4v) is 4.05. The highest BCUT2D eigenvalue weighted by Crippen LogP contribution is 2.29. The monoisotopic (exact) mass is 478 g/mol. The average Bonchev–Trinajstić information content (AvgIpc) is 2.79. The van der Waals surface area contributed by atoms with Crippen molar-refractivity contribution in [2.75, 3.05) is 39.0 Å². The Kier molecular flexibility index (Phi) is 8.35. The molecule has 2 amide bonds. The van der Waals surface area contributed by atoms with E-state index in [1.807, 2.05) is 0 Å². The maximum Gasteiger partial charge on any atom is 0.405 e. The smallest absolute Gasteiger partial charge is 0.405 e. The highest BCUT2D eigenvalue weighted by Gasteiger charge is 2.25. The summed E-state index contributed by atoms with van der Waals surface area (Å²) >= 11 is 6.05. The quantitative estimate of drug-likeness (QED) is 0.500. The number of piperidine rings is 1. The van der Waals surface area contributed by atoms with Crippen LogP contribution in [0.5, 0.6) is 5.75 Å². The minimum Gasteiger partial charge on any atom is -0.496 e. The first-order valence-electron chi connectivity index (χ1n) is 10.6. The fourth-order valence-electron chi connectivity index (χ4n) is 3.88. The van der Waals surface area contributed by atoms with E-state index in [-0.39, 0.29) is 11.7 Å². The summed E-state index contributed by atoms with van der Waals surface area (Å²) in [7, 11) is 1.47. The predicted molar refractivity (Wildman–Crippen MR) is 124 cm³/mol. The van der Waals surface area contributed by atoms with Crippen molar-refractivity contribution in [1.82, 2.24) is 10.2 Å². The van der Waals surface area contributed by atoms with Crippen LogP contribution in [-0.2, 0) is 4.74 Å². The molecule has 178 valence electrons. The van der Waals surface area contributed by atoms with Crippen molar-refractivity contribution in [3.05, 3.63) is 58.4 Å². The van der Waals surface area contributed by atoms with Crippen LogP contribution in [0.2, 0.25) is 5.02 Å². The Morgan fingerprint density at radius 1 is 1.24 bits per heavy atom. The summed E-state index contributed by atoms with van der Waals surface area (Å²) < 4.78 is 23.7. The molecule has 33 heavy (non-hydrogen) atoms. The summed E-state index contributed by atoms with van der Waals surface area (Å²) in [5.41, 5.74) is 12.4. The normalized spacial score (nSPS) is 15.6. The van der Waals surface area contributed by atoms with Crippen LogP contribution in [0, 0.1) is 11.7 Å². The van der Waals surface area contributed by atoms with Gasteiger partial charge in [-0.3, -0.25) is 9.69 Å². The molecule has 0 radical (unpaired) electrons. The third-order valence-corrected chi connectivity index (χ3v) is 6.07. The summed E-state index contributed by atoms with van der Waals surface area (Å²) in [6, 6.07) is 8.85. The SMILES string of the molecule is COc1cc(N)c(Cl)cc1C(=O)NCC1CCN(CC(OC(N)=O)c2ccc(F)cc2)CC1. The highest BCUT2D eigenvalue weighted by atomic mass is 35.5. The third kappa shape index (κ3) is 6.72. The first-order chi connectivity index (χ1) is 15.8. The number of nitrogens with two attached hydrogens (primary N) is 2. The molecule has 8 nitrogen and oxygen atoms in total. The maximum absolute atomic E-state index is 13.2. The van der Waals surface area contributed by atoms with Gasteiger partial charge in [0.1, 0.15) is 17.7 Å². The van der Waals surface area contributed by atoms with E-state index in [0.717, 1.165) is 25.9 Å². The van der Waals surface area contributed by atoms with Crippen molar-refractivity contribution in [3.8, 4) is 5.75 Å². The number of nitrogens with zero attached hydrogens (tertiary/aromatic N) is 1. The van der Waals surface area contributed by atoms with Crippen molar-refractivity contribution in [1.29, 1.82) is 0 Å². The lowest BCUT2D eigenvalue weighted by molar-refractivity contribution is 0.0632. The molecule has 0 aliphatic carbocycles. The van der Waals surface area contributed by atoms with Gasteiger partial charge < -0.3 is 26.3 Å². The Balaban J connectivity index is 1.52. The van der Waals surface area contributed by atoms with E-state index in [0.29, 0.717) is 46.6 Å². The molecule has 10 heteroatoms. The number of amides is 2. The van der Waals surface area contributed by atoms with Gasteiger partial charge in [0, 0.05) is 19.2 Å². The molecular weight excluding hydrogens is 451 g/mol. The van der Waals surface area contributed by atoms with Crippen molar-refractivity contribution < 1.29 is 23.5 Å². The van der Waals surface area contributed by atoms with Gasteiger partial charge in [-0.05, 0) is 55.6 Å². The molecule has 5 N–H and O–H groups in total. The third-order valence-electron chi connectivity index (χ3n) is 5.75. The first-order valence-corrected chi connectivity index (χ1v) is 11.0. The molecule has 1 atom stereocenters. The molecule has 0 saturated carbocycles. The first kappa shape index (κ1) is 24.6. The van der Waals surface area contributed by atoms with Crippen molar-refractivity contribution in [2.24, 2.45) is 11.7 Å². The number of nitrogen functional groups attached to an aromatic ring is 1. The number of benzene rings is 2. The summed E-state index contributed by atoms with van der Waals surface area (Å²) in [5.74, 6) is 0.0213. The van der Waals surface area contributed by atoms with Crippen molar-refractivity contribution in [2.45, 2.75) is 18.9 Å². The Bertz CT molecular complexity index is 981. The van der Waals surface area contributed by atoms with Crippen LogP contribution in [0.1, 0.15) is 34.9 Å². The molecule has 1 unspecified atom stereocenters. The second-order valence-corrected chi connectivity index (χ2v) is 8.41. The van der Waals surface area contributed by atoms with Gasteiger partial charge in [-0.15, -0.1) is 0 Å². The number of ether oxygens (including phenoxy) is 2. The summed E-state index contributed by atoms with van der Waals surface area (Å²) in [5, 5.41) is 3.24. The number of carbonyl (C=O) groups excluding carboxylic acids is 2.